The molecule has 2 aromatic carbocycles. The number of nitrogens with two attached hydrogens (primary N) is 2. The Morgan fingerprint density at radius 2 is 1.83 bits per heavy atom. The first kappa shape index (κ1) is 28.9. The van der Waals surface area contributed by atoms with Crippen molar-refractivity contribution in [3.8, 4) is 6.07 Å². The summed E-state index contributed by atoms with van der Waals surface area (Å²) in [6.45, 7) is 11.6. The molecular formula is C32H37N7O3. The zero-order chi connectivity index (χ0) is 30.2. The lowest BCUT2D eigenvalue weighted by atomic mass is 9.67. The number of nitriles is 1. The summed E-state index contributed by atoms with van der Waals surface area (Å²) in [4.78, 5) is 31.2. The number of hydrogen-bond acceptors (Lipinski definition) is 8. The molecule has 1 saturated heterocycles. The first-order valence-electron chi connectivity index (χ1n) is 14.2. The lowest BCUT2D eigenvalue weighted by Crippen LogP contribution is -2.43. The van der Waals surface area contributed by atoms with Crippen molar-refractivity contribution in [2.24, 2.45) is 18.5 Å². The van der Waals surface area contributed by atoms with Crippen LogP contribution in [0.1, 0.15) is 70.2 Å². The van der Waals surface area contributed by atoms with Crippen LogP contribution in [-0.4, -0.2) is 45.7 Å². The molecule has 2 heterocycles. The van der Waals surface area contributed by atoms with Gasteiger partial charge in [-0.25, -0.2) is 4.79 Å². The largest absolute Gasteiger partial charge is 0.459 e. The number of carbonyl (C=O) groups excluding carboxylic acids is 1. The Hall–Kier alpha value is -4.62. The van der Waals surface area contributed by atoms with E-state index in [9.17, 15) is 14.9 Å². The zero-order valence-electron chi connectivity index (χ0n) is 24.2. The Bertz CT molecular complexity index is 1600. The number of aryl methyl sites for hydroxylation is 3. The van der Waals surface area contributed by atoms with Crippen molar-refractivity contribution in [2.45, 2.75) is 56.5 Å². The zero-order valence-corrected chi connectivity index (χ0v) is 24.2. The van der Waals surface area contributed by atoms with Crippen molar-refractivity contribution in [3.63, 3.8) is 0 Å². The van der Waals surface area contributed by atoms with Crippen LogP contribution in [0, 0.1) is 11.3 Å². The van der Waals surface area contributed by atoms with E-state index in [0.717, 1.165) is 52.9 Å². The Morgan fingerprint density at radius 3 is 2.40 bits per heavy atom. The highest BCUT2D eigenvalue weighted by atomic mass is 16.5. The molecule has 1 aliphatic heterocycles. The number of fused-ring (bicyclic) bond motifs is 2. The molecule has 0 saturated carbocycles. The molecule has 1 aliphatic carbocycles. The molecule has 3 atom stereocenters. The molecule has 1 amide bonds. The number of likely N-dealkylation sites (tertiary alicyclic amines) is 1. The van der Waals surface area contributed by atoms with Crippen molar-refractivity contribution in [3.05, 3.63) is 105 Å². The molecular weight excluding hydrogens is 530 g/mol. The van der Waals surface area contributed by atoms with E-state index in [4.69, 9.17) is 16.0 Å². The molecule has 0 radical (unpaired) electrons. The van der Waals surface area contributed by atoms with Crippen LogP contribution in [0.25, 0.3) is 5.70 Å². The number of hydrogen-bond donors (Lipinski definition) is 3. The van der Waals surface area contributed by atoms with Gasteiger partial charge in [-0.1, -0.05) is 31.4 Å². The van der Waals surface area contributed by atoms with Gasteiger partial charge in [-0.05, 0) is 85.0 Å². The lowest BCUT2D eigenvalue weighted by Gasteiger charge is -2.38. The first-order valence-corrected chi connectivity index (χ1v) is 14.2. The van der Waals surface area contributed by atoms with Gasteiger partial charge >= 0.3 is 5.76 Å². The van der Waals surface area contributed by atoms with E-state index in [2.05, 4.69) is 41.4 Å². The molecule has 5 rings (SSSR count). The Labute approximate surface area is 245 Å². The van der Waals surface area contributed by atoms with Gasteiger partial charge in [-0.3, -0.25) is 4.79 Å². The van der Waals surface area contributed by atoms with Gasteiger partial charge in [-0.2, -0.15) is 15.0 Å². The Kier molecular flexibility index (Phi) is 7.80. The van der Waals surface area contributed by atoms with Crippen LogP contribution >= 0.6 is 0 Å². The fraction of sp³-hybridized carbons (Fsp3) is 0.375. The predicted molar refractivity (Wildman–Crippen MR) is 160 cm³/mol. The molecule has 2 unspecified atom stereocenters. The van der Waals surface area contributed by atoms with Crippen LogP contribution in [-0.2, 0) is 25.3 Å². The minimum absolute atomic E-state index is 0.101. The maximum Gasteiger partial charge on any atom is 0.459 e. The first-order chi connectivity index (χ1) is 20.0. The summed E-state index contributed by atoms with van der Waals surface area (Å²) in [5.41, 5.74) is 17.3. The number of carbonyl (C=O) groups is 1. The lowest BCUT2D eigenvalue weighted by molar-refractivity contribution is 0.1000. The standard InChI is InChI=1S/C32H37N7O3/c1-19(36-18-20(2)39-13-5-6-26(39)17-33)16-32(30-37-31(41)42-38(30)4)27-11-9-22(21(3)34)14-23(27)7-8-24-15-25(29(35)40)10-12-28(24)32/h9-12,14-15,19,26,36H,2-3,5-8,13,16,18,34H2,1,4H3,(H2,35,40)/t19-,26?,32?/m0/s1. The molecule has 218 valence electrons. The van der Waals surface area contributed by atoms with Gasteiger partial charge in [0.05, 0.1) is 11.5 Å². The third kappa shape index (κ3) is 5.12. The molecule has 2 aliphatic rings. The number of nitrogens with zero attached hydrogens (tertiary/aromatic N) is 4. The van der Waals surface area contributed by atoms with E-state index in [1.54, 1.807) is 13.1 Å². The number of amides is 1. The molecule has 10 nitrogen and oxygen atoms in total. The van der Waals surface area contributed by atoms with E-state index in [1.807, 2.05) is 30.3 Å². The topological polar surface area (TPSA) is 156 Å². The highest BCUT2D eigenvalue weighted by molar-refractivity contribution is 5.93. The summed E-state index contributed by atoms with van der Waals surface area (Å²) in [7, 11) is 1.68. The molecule has 1 aromatic heterocycles. The van der Waals surface area contributed by atoms with Crippen molar-refractivity contribution in [1.29, 1.82) is 5.26 Å². The Morgan fingerprint density at radius 1 is 1.19 bits per heavy atom. The summed E-state index contributed by atoms with van der Waals surface area (Å²) in [5.74, 6) is -0.739. The van der Waals surface area contributed by atoms with E-state index in [-0.39, 0.29) is 12.1 Å². The highest BCUT2D eigenvalue weighted by Crippen LogP contribution is 2.47. The maximum absolute atomic E-state index is 12.6. The third-order valence-electron chi connectivity index (χ3n) is 8.62. The van der Waals surface area contributed by atoms with Crippen LogP contribution < -0.4 is 22.5 Å². The number of nitrogens with one attached hydrogen (secondary N) is 1. The molecule has 0 bridgehead atoms. The number of primary amides is 1. The summed E-state index contributed by atoms with van der Waals surface area (Å²) in [6, 6.07) is 13.6. The summed E-state index contributed by atoms with van der Waals surface area (Å²) >= 11 is 0. The van der Waals surface area contributed by atoms with Gasteiger partial charge in [-0.15, -0.1) is 0 Å². The highest BCUT2D eigenvalue weighted by Gasteiger charge is 2.46. The van der Waals surface area contributed by atoms with Crippen LogP contribution in [0.4, 0.5) is 0 Å². The maximum atomic E-state index is 12.6. The quantitative estimate of drug-likeness (QED) is 0.356. The van der Waals surface area contributed by atoms with Gasteiger partial charge < -0.3 is 26.2 Å². The summed E-state index contributed by atoms with van der Waals surface area (Å²) in [6.07, 6.45) is 3.62. The van der Waals surface area contributed by atoms with Gasteiger partial charge in [0, 0.05) is 43.1 Å². The van der Waals surface area contributed by atoms with Gasteiger partial charge in [0.25, 0.3) is 0 Å². The predicted octanol–water partition coefficient (Wildman–Crippen LogP) is 2.70. The van der Waals surface area contributed by atoms with E-state index < -0.39 is 17.1 Å². The number of benzene rings is 2. The van der Waals surface area contributed by atoms with Crippen molar-refractivity contribution in [1.82, 2.24) is 19.9 Å². The van der Waals surface area contributed by atoms with Crippen LogP contribution in [0.15, 0.2) is 64.6 Å². The van der Waals surface area contributed by atoms with E-state index >= 15 is 0 Å². The number of aromatic nitrogens is 2. The normalized spacial score (nSPS) is 20.2. The number of rotatable bonds is 9. The summed E-state index contributed by atoms with van der Waals surface area (Å²) in [5, 5.41) is 13.2. The molecule has 10 heteroatoms. The van der Waals surface area contributed by atoms with Crippen molar-refractivity contribution >= 4 is 11.6 Å². The minimum atomic E-state index is -0.927. The molecule has 0 spiro atoms. The van der Waals surface area contributed by atoms with Gasteiger partial charge in [0.15, 0.2) is 5.82 Å². The monoisotopic (exact) mass is 567 g/mol. The summed E-state index contributed by atoms with van der Waals surface area (Å²) < 4.78 is 6.87. The fourth-order valence-corrected chi connectivity index (χ4v) is 6.66. The van der Waals surface area contributed by atoms with E-state index in [1.165, 1.54) is 4.74 Å². The van der Waals surface area contributed by atoms with Crippen LogP contribution in [0.2, 0.25) is 0 Å². The fourth-order valence-electron chi connectivity index (χ4n) is 6.66. The second kappa shape index (κ2) is 11.3. The molecule has 42 heavy (non-hydrogen) atoms. The smallest absolute Gasteiger partial charge is 0.399 e. The molecule has 1 fully saturated rings. The van der Waals surface area contributed by atoms with Crippen molar-refractivity contribution < 1.29 is 9.32 Å². The molecule has 3 aromatic rings. The minimum Gasteiger partial charge on any atom is -0.399 e. The third-order valence-corrected chi connectivity index (χ3v) is 8.62. The van der Waals surface area contributed by atoms with Gasteiger partial charge in [0.2, 0.25) is 5.91 Å². The average Bonchev–Trinajstić information content (AvgIpc) is 3.55. The van der Waals surface area contributed by atoms with E-state index in [0.29, 0.717) is 42.9 Å². The van der Waals surface area contributed by atoms with Crippen LogP contribution in [0.3, 0.4) is 0 Å². The van der Waals surface area contributed by atoms with Crippen molar-refractivity contribution in [2.75, 3.05) is 13.1 Å². The average molecular weight is 568 g/mol. The second-order valence-corrected chi connectivity index (χ2v) is 11.4. The van der Waals surface area contributed by atoms with Crippen LogP contribution in [0.5, 0.6) is 0 Å². The SMILES string of the molecule is C=C(N)c1ccc2c(c1)CCc1cc(C(N)=O)ccc1C2(C[C@H](C)NCC(=C)N1CCCC1C#N)c1nc(=O)on1C. The molecule has 5 N–H and O–H groups in total. The Balaban J connectivity index is 1.65. The second-order valence-electron chi connectivity index (χ2n) is 11.4. The van der Waals surface area contributed by atoms with Gasteiger partial charge in [0.1, 0.15) is 6.04 Å².